The molecule has 0 spiro atoms. The molecule has 3 heteroatoms. The molecule has 8 heavy (non-hydrogen) atoms. The molecule has 0 saturated carbocycles. The van der Waals surface area contributed by atoms with E-state index < -0.39 is 11.9 Å². The van der Waals surface area contributed by atoms with E-state index in [0.717, 1.165) is 0 Å². The van der Waals surface area contributed by atoms with Crippen LogP contribution in [0.4, 0.5) is 0 Å². The summed E-state index contributed by atoms with van der Waals surface area (Å²) in [5.41, 5.74) is 0. The Hall–Kier alpha value is -0.700. The Balaban J connectivity index is 3.48. The van der Waals surface area contributed by atoms with Crippen LogP contribution in [-0.2, 0) is 9.59 Å². The lowest BCUT2D eigenvalue weighted by molar-refractivity contribution is -0.125. The van der Waals surface area contributed by atoms with E-state index in [-0.39, 0.29) is 6.42 Å². The predicted octanol–water partition coefficient (Wildman–Crippen LogP) is -0.564. The third kappa shape index (κ3) is 2.47. The van der Waals surface area contributed by atoms with Crippen molar-refractivity contribution in [3.05, 3.63) is 0 Å². The number of Topliss-reactive ketones (excluding diaryl/α,β-unsaturated/α-hetero) is 1. The Bertz CT molecular complexity index is 95.8. The third-order valence-electron chi connectivity index (χ3n) is 0.712. The first-order valence-electron chi connectivity index (χ1n) is 2.24. The summed E-state index contributed by atoms with van der Waals surface area (Å²) in [6.07, 6.45) is 0.0503. The molecule has 3 nitrogen and oxygen atoms in total. The van der Waals surface area contributed by atoms with Crippen molar-refractivity contribution in [3.63, 3.8) is 0 Å². The first-order valence-corrected chi connectivity index (χ1v) is 2.24. The summed E-state index contributed by atoms with van der Waals surface area (Å²) in [4.78, 5) is 19.7. The van der Waals surface area contributed by atoms with E-state index in [2.05, 4.69) is 0 Å². The Morgan fingerprint density at radius 3 is 2.50 bits per heavy atom. The molecule has 0 aliphatic carbocycles. The van der Waals surface area contributed by atoms with Gasteiger partial charge in [-0.15, -0.1) is 0 Å². The van der Waals surface area contributed by atoms with Crippen molar-refractivity contribution in [2.75, 3.05) is 0 Å². The SMILES string of the molecule is CC(O)C(=O)C[C]=O. The van der Waals surface area contributed by atoms with Crippen molar-refractivity contribution in [3.8, 4) is 0 Å². The summed E-state index contributed by atoms with van der Waals surface area (Å²) >= 11 is 0. The second kappa shape index (κ2) is 3.32. The fourth-order valence-corrected chi connectivity index (χ4v) is 0.219. The van der Waals surface area contributed by atoms with E-state index in [4.69, 9.17) is 5.11 Å². The van der Waals surface area contributed by atoms with Crippen molar-refractivity contribution in [1.29, 1.82) is 0 Å². The fourth-order valence-electron chi connectivity index (χ4n) is 0.219. The van der Waals surface area contributed by atoms with Crippen molar-refractivity contribution in [2.45, 2.75) is 19.4 Å². The average Bonchev–Trinajstić information content (AvgIpc) is 1.67. The topological polar surface area (TPSA) is 54.4 Å². The number of rotatable bonds is 3. The zero-order valence-corrected chi connectivity index (χ0v) is 4.55. The Morgan fingerprint density at radius 2 is 2.38 bits per heavy atom. The van der Waals surface area contributed by atoms with Crippen LogP contribution in [-0.4, -0.2) is 23.3 Å². The largest absolute Gasteiger partial charge is 0.386 e. The number of hydrogen-bond donors (Lipinski definition) is 1. The van der Waals surface area contributed by atoms with Gasteiger partial charge in [0.2, 0.25) is 6.29 Å². The highest BCUT2D eigenvalue weighted by atomic mass is 16.3. The summed E-state index contributed by atoms with van der Waals surface area (Å²) in [6, 6.07) is 0. The molecule has 1 unspecified atom stereocenters. The highest BCUT2D eigenvalue weighted by Crippen LogP contribution is 1.85. The molecule has 0 aromatic heterocycles. The van der Waals surface area contributed by atoms with Crippen LogP contribution < -0.4 is 0 Å². The molecule has 0 heterocycles. The minimum Gasteiger partial charge on any atom is -0.386 e. The lowest BCUT2D eigenvalue weighted by Gasteiger charge is -1.94. The van der Waals surface area contributed by atoms with Gasteiger partial charge in [0, 0.05) is 0 Å². The summed E-state index contributed by atoms with van der Waals surface area (Å²) < 4.78 is 0. The van der Waals surface area contributed by atoms with Gasteiger partial charge < -0.3 is 5.11 Å². The third-order valence-corrected chi connectivity index (χ3v) is 0.712. The van der Waals surface area contributed by atoms with Gasteiger partial charge in [-0.25, -0.2) is 0 Å². The van der Waals surface area contributed by atoms with Gasteiger partial charge in [0.1, 0.15) is 6.10 Å². The molecule has 0 aliphatic heterocycles. The van der Waals surface area contributed by atoms with Crippen LogP contribution in [0.15, 0.2) is 0 Å². The van der Waals surface area contributed by atoms with Gasteiger partial charge in [0.15, 0.2) is 5.78 Å². The molecule has 0 aromatic carbocycles. The minimum absolute atomic E-state index is 0.308. The van der Waals surface area contributed by atoms with Crippen LogP contribution in [0.2, 0.25) is 0 Å². The summed E-state index contributed by atoms with van der Waals surface area (Å²) in [7, 11) is 0. The lowest BCUT2D eigenvalue weighted by Crippen LogP contribution is -2.15. The van der Waals surface area contributed by atoms with E-state index >= 15 is 0 Å². The van der Waals surface area contributed by atoms with Crippen molar-refractivity contribution in [2.24, 2.45) is 0 Å². The molecule has 1 atom stereocenters. The van der Waals surface area contributed by atoms with Crippen LogP contribution in [0.1, 0.15) is 13.3 Å². The van der Waals surface area contributed by atoms with Gasteiger partial charge >= 0.3 is 0 Å². The number of carbonyl (C=O) groups excluding carboxylic acids is 2. The second-order valence-corrected chi connectivity index (χ2v) is 1.46. The lowest BCUT2D eigenvalue weighted by atomic mass is 10.2. The molecule has 0 saturated heterocycles. The van der Waals surface area contributed by atoms with E-state index in [1.807, 2.05) is 0 Å². The highest BCUT2D eigenvalue weighted by molar-refractivity contribution is 5.92. The summed E-state index contributed by atoms with van der Waals surface area (Å²) in [5.74, 6) is -0.486. The molecule has 45 valence electrons. The zero-order valence-electron chi connectivity index (χ0n) is 4.55. The number of aliphatic hydroxyl groups is 1. The molecule has 0 bridgehead atoms. The monoisotopic (exact) mass is 115 g/mol. The van der Waals surface area contributed by atoms with Crippen LogP contribution in [0, 0.1) is 0 Å². The maximum atomic E-state index is 10.2. The maximum absolute atomic E-state index is 10.2. The van der Waals surface area contributed by atoms with Gasteiger partial charge in [-0.3, -0.25) is 9.59 Å². The number of hydrogen-bond acceptors (Lipinski definition) is 3. The van der Waals surface area contributed by atoms with E-state index in [1.54, 1.807) is 0 Å². The van der Waals surface area contributed by atoms with Gasteiger partial charge in [-0.05, 0) is 6.92 Å². The molecular weight excluding hydrogens is 108 g/mol. The first-order chi connectivity index (χ1) is 3.68. The van der Waals surface area contributed by atoms with Crippen LogP contribution in [0.25, 0.3) is 0 Å². The minimum atomic E-state index is -1.03. The van der Waals surface area contributed by atoms with Crippen LogP contribution in [0.5, 0.6) is 0 Å². The maximum Gasteiger partial charge on any atom is 0.206 e. The van der Waals surface area contributed by atoms with E-state index in [0.29, 0.717) is 0 Å². The summed E-state index contributed by atoms with van der Waals surface area (Å²) in [6.45, 7) is 1.32. The van der Waals surface area contributed by atoms with Crippen molar-refractivity contribution >= 4 is 12.1 Å². The molecule has 0 aliphatic rings. The van der Waals surface area contributed by atoms with Crippen molar-refractivity contribution in [1.82, 2.24) is 0 Å². The Labute approximate surface area is 47.3 Å². The first kappa shape index (κ1) is 7.30. The van der Waals surface area contributed by atoms with Crippen LogP contribution in [0.3, 0.4) is 0 Å². The number of aliphatic hydroxyl groups excluding tert-OH is 1. The Kier molecular flexibility index (Phi) is 3.03. The van der Waals surface area contributed by atoms with Gasteiger partial charge in [0.05, 0.1) is 6.42 Å². The normalized spacial score (nSPS) is 12.8. The van der Waals surface area contributed by atoms with Crippen molar-refractivity contribution < 1.29 is 14.7 Å². The number of ketones is 1. The molecule has 1 radical (unpaired) electrons. The van der Waals surface area contributed by atoms with Gasteiger partial charge in [0.25, 0.3) is 0 Å². The molecule has 1 N–H and O–H groups in total. The van der Waals surface area contributed by atoms with Gasteiger partial charge in [-0.2, -0.15) is 0 Å². The van der Waals surface area contributed by atoms with Crippen LogP contribution >= 0.6 is 0 Å². The second-order valence-electron chi connectivity index (χ2n) is 1.46. The van der Waals surface area contributed by atoms with Gasteiger partial charge in [-0.1, -0.05) is 0 Å². The quantitative estimate of drug-likeness (QED) is 0.501. The standard InChI is InChI=1S/C5H7O3/c1-4(7)5(8)2-3-6/h4,7H,2H2,1H3. The van der Waals surface area contributed by atoms with E-state index in [1.165, 1.54) is 13.2 Å². The highest BCUT2D eigenvalue weighted by Gasteiger charge is 2.06. The molecule has 0 rings (SSSR count). The fraction of sp³-hybridized carbons (Fsp3) is 0.600. The zero-order chi connectivity index (χ0) is 6.57. The van der Waals surface area contributed by atoms with E-state index in [9.17, 15) is 9.59 Å². The predicted molar refractivity (Wildman–Crippen MR) is 27.0 cm³/mol. The summed E-state index contributed by atoms with van der Waals surface area (Å²) in [5, 5.41) is 8.42. The number of carbonyl (C=O) groups is 1. The smallest absolute Gasteiger partial charge is 0.206 e. The molecule has 0 fully saturated rings. The molecule has 0 amide bonds. The average molecular weight is 115 g/mol. The molecule has 0 aromatic rings. The Morgan fingerprint density at radius 1 is 1.88 bits per heavy atom. The molecular formula is C5H7O3.